The molecule has 1 unspecified atom stereocenters. The first-order valence-electron chi connectivity index (χ1n) is 7.72. The van der Waals surface area contributed by atoms with E-state index in [1.54, 1.807) is 6.07 Å². The Morgan fingerprint density at radius 3 is 2.48 bits per heavy atom. The molecule has 1 fully saturated rings. The molecule has 3 N–H and O–H groups in total. The van der Waals surface area contributed by atoms with Crippen LogP contribution in [0.5, 0.6) is 0 Å². The second-order valence-corrected chi connectivity index (χ2v) is 7.13. The van der Waals surface area contributed by atoms with Gasteiger partial charge in [0.2, 0.25) is 0 Å². The van der Waals surface area contributed by atoms with Crippen LogP contribution < -0.4 is 5.73 Å². The van der Waals surface area contributed by atoms with Gasteiger partial charge in [0.15, 0.2) is 0 Å². The quantitative estimate of drug-likeness (QED) is 0.870. The van der Waals surface area contributed by atoms with Gasteiger partial charge in [-0.15, -0.1) is 0 Å². The Morgan fingerprint density at radius 2 is 2.00 bits per heavy atom. The zero-order valence-electron chi connectivity index (χ0n) is 12.8. The van der Waals surface area contributed by atoms with E-state index in [1.165, 1.54) is 12.1 Å². The van der Waals surface area contributed by atoms with Gasteiger partial charge in [-0.05, 0) is 55.2 Å². The van der Waals surface area contributed by atoms with Crippen molar-refractivity contribution in [1.82, 2.24) is 0 Å². The summed E-state index contributed by atoms with van der Waals surface area (Å²) < 4.78 is 13.3. The maximum atomic E-state index is 13.3. The summed E-state index contributed by atoms with van der Waals surface area (Å²) in [5, 5.41) is 10.8. The van der Waals surface area contributed by atoms with Crippen LogP contribution in [0.3, 0.4) is 0 Å². The lowest BCUT2D eigenvalue weighted by Crippen LogP contribution is -2.40. The average molecular weight is 314 g/mol. The van der Waals surface area contributed by atoms with Gasteiger partial charge >= 0.3 is 0 Å². The van der Waals surface area contributed by atoms with E-state index < -0.39 is 11.9 Å². The van der Waals surface area contributed by atoms with Crippen molar-refractivity contribution in [2.24, 2.45) is 23.0 Å². The molecule has 0 bridgehead atoms. The minimum Gasteiger partial charge on any atom is -0.388 e. The Kier molecular flexibility index (Phi) is 5.29. The third-order valence-corrected chi connectivity index (χ3v) is 5.50. The molecule has 0 aromatic heterocycles. The third-order valence-electron chi connectivity index (χ3n) is 5.21. The lowest BCUT2D eigenvalue weighted by Gasteiger charge is -2.44. The summed E-state index contributed by atoms with van der Waals surface area (Å²) in [7, 11) is 0. The topological polar surface area (TPSA) is 46.2 Å². The molecule has 2 nitrogen and oxygen atoms in total. The van der Waals surface area contributed by atoms with Crippen LogP contribution in [0.4, 0.5) is 4.39 Å². The van der Waals surface area contributed by atoms with Crippen LogP contribution in [0.15, 0.2) is 18.2 Å². The fourth-order valence-corrected chi connectivity index (χ4v) is 3.70. The molecule has 1 aliphatic carbocycles. The average Bonchev–Trinajstić information content (AvgIpc) is 2.49. The summed E-state index contributed by atoms with van der Waals surface area (Å²) >= 11 is 5.83. The summed E-state index contributed by atoms with van der Waals surface area (Å²) in [6.45, 7) is 4.93. The van der Waals surface area contributed by atoms with Crippen molar-refractivity contribution in [3.63, 3.8) is 0 Å². The van der Waals surface area contributed by atoms with E-state index in [1.807, 2.05) is 0 Å². The first-order valence-corrected chi connectivity index (χ1v) is 8.10. The van der Waals surface area contributed by atoms with E-state index in [0.29, 0.717) is 23.9 Å². The summed E-state index contributed by atoms with van der Waals surface area (Å²) in [5.74, 6) is 0.907. The molecule has 1 aromatic carbocycles. The Morgan fingerprint density at radius 1 is 1.38 bits per heavy atom. The highest BCUT2D eigenvalue weighted by Gasteiger charge is 2.41. The third kappa shape index (κ3) is 3.41. The van der Waals surface area contributed by atoms with Crippen molar-refractivity contribution in [2.75, 3.05) is 6.54 Å². The Hall–Kier alpha value is -0.640. The molecule has 0 heterocycles. The van der Waals surface area contributed by atoms with E-state index in [-0.39, 0.29) is 10.4 Å². The molecule has 0 amide bonds. The maximum absolute atomic E-state index is 13.3. The number of aliphatic hydroxyl groups excluding tert-OH is 1. The predicted octanol–water partition coefficient (Wildman–Crippen LogP) is 4.30. The van der Waals surface area contributed by atoms with Crippen molar-refractivity contribution in [3.05, 3.63) is 34.6 Å². The van der Waals surface area contributed by atoms with Crippen molar-refractivity contribution in [1.29, 1.82) is 0 Å². The highest BCUT2D eigenvalue weighted by molar-refractivity contribution is 6.30. The number of nitrogens with two attached hydrogens (primary N) is 1. The summed E-state index contributed by atoms with van der Waals surface area (Å²) in [4.78, 5) is 0. The molecule has 21 heavy (non-hydrogen) atoms. The van der Waals surface area contributed by atoms with Gasteiger partial charge in [0, 0.05) is 12.0 Å². The standard InChI is InChI=1S/C17H25ClFNO/c1-11(2)12-5-7-17(10-20,8-6-12)16(21)13-3-4-15(19)14(18)9-13/h3-4,9,11-12,16,21H,5-8,10,20H2,1-2H3. The van der Waals surface area contributed by atoms with E-state index in [2.05, 4.69) is 13.8 Å². The molecular formula is C17H25ClFNO. The van der Waals surface area contributed by atoms with E-state index in [4.69, 9.17) is 17.3 Å². The monoisotopic (exact) mass is 313 g/mol. The van der Waals surface area contributed by atoms with Crippen molar-refractivity contribution in [3.8, 4) is 0 Å². The van der Waals surface area contributed by atoms with Crippen LogP contribution in [-0.4, -0.2) is 11.7 Å². The number of halogens is 2. The lowest BCUT2D eigenvalue weighted by atomic mass is 9.64. The second kappa shape index (κ2) is 6.64. The van der Waals surface area contributed by atoms with E-state index >= 15 is 0 Å². The molecule has 4 heteroatoms. The van der Waals surface area contributed by atoms with Crippen molar-refractivity contribution < 1.29 is 9.50 Å². The highest BCUT2D eigenvalue weighted by Crippen LogP contribution is 2.48. The van der Waals surface area contributed by atoms with Gasteiger partial charge in [-0.3, -0.25) is 0 Å². The van der Waals surface area contributed by atoms with Crippen molar-refractivity contribution in [2.45, 2.75) is 45.6 Å². The first-order chi connectivity index (χ1) is 9.89. The second-order valence-electron chi connectivity index (χ2n) is 6.72. The summed E-state index contributed by atoms with van der Waals surface area (Å²) in [5.41, 5.74) is 6.35. The SMILES string of the molecule is CC(C)C1CCC(CN)(C(O)c2ccc(F)c(Cl)c2)CC1. The van der Waals surface area contributed by atoms with E-state index in [0.717, 1.165) is 25.7 Å². The molecule has 2 rings (SSSR count). The Labute approximate surface area is 131 Å². The summed E-state index contributed by atoms with van der Waals surface area (Å²) in [6, 6.07) is 4.44. The molecule has 0 aliphatic heterocycles. The molecule has 1 atom stereocenters. The van der Waals surface area contributed by atoms with Crippen LogP contribution in [-0.2, 0) is 0 Å². The van der Waals surface area contributed by atoms with Gasteiger partial charge in [0.05, 0.1) is 11.1 Å². The van der Waals surface area contributed by atoms with Gasteiger partial charge < -0.3 is 10.8 Å². The molecular weight excluding hydrogens is 289 g/mol. The number of hydrogen-bond donors (Lipinski definition) is 2. The zero-order chi connectivity index (χ0) is 15.6. The smallest absolute Gasteiger partial charge is 0.141 e. The lowest BCUT2D eigenvalue weighted by molar-refractivity contribution is -0.0148. The molecule has 1 aliphatic rings. The van der Waals surface area contributed by atoms with Crippen LogP contribution in [0.25, 0.3) is 0 Å². The van der Waals surface area contributed by atoms with Crippen LogP contribution in [0.2, 0.25) is 5.02 Å². The Bertz CT molecular complexity index is 484. The van der Waals surface area contributed by atoms with Crippen LogP contribution >= 0.6 is 11.6 Å². The molecule has 118 valence electrons. The fraction of sp³-hybridized carbons (Fsp3) is 0.647. The van der Waals surface area contributed by atoms with Gasteiger partial charge in [0.1, 0.15) is 5.82 Å². The van der Waals surface area contributed by atoms with Gasteiger partial charge in [-0.25, -0.2) is 4.39 Å². The van der Waals surface area contributed by atoms with Gasteiger partial charge in [-0.2, -0.15) is 0 Å². The van der Waals surface area contributed by atoms with Crippen LogP contribution in [0, 0.1) is 23.1 Å². The number of hydrogen-bond acceptors (Lipinski definition) is 2. The summed E-state index contributed by atoms with van der Waals surface area (Å²) in [6.07, 6.45) is 3.29. The first kappa shape index (κ1) is 16.7. The molecule has 0 spiro atoms. The van der Waals surface area contributed by atoms with Gasteiger partial charge in [0.25, 0.3) is 0 Å². The maximum Gasteiger partial charge on any atom is 0.141 e. The number of aliphatic hydroxyl groups is 1. The molecule has 1 aromatic rings. The van der Waals surface area contributed by atoms with Crippen molar-refractivity contribution >= 4 is 11.6 Å². The zero-order valence-corrected chi connectivity index (χ0v) is 13.5. The predicted molar refractivity (Wildman–Crippen MR) is 84.7 cm³/mol. The minimum absolute atomic E-state index is 0.0505. The van der Waals surface area contributed by atoms with Crippen LogP contribution in [0.1, 0.15) is 51.2 Å². The minimum atomic E-state index is -0.686. The Balaban J connectivity index is 2.18. The number of benzene rings is 1. The normalized spacial score (nSPS) is 27.9. The largest absolute Gasteiger partial charge is 0.388 e. The van der Waals surface area contributed by atoms with E-state index in [9.17, 15) is 9.50 Å². The molecule has 0 saturated heterocycles. The molecule has 1 saturated carbocycles. The van der Waals surface area contributed by atoms with Gasteiger partial charge in [-0.1, -0.05) is 31.5 Å². The molecule has 0 radical (unpaired) electrons. The highest BCUT2D eigenvalue weighted by atomic mass is 35.5. The number of rotatable bonds is 4. The fourth-order valence-electron chi connectivity index (χ4n) is 3.51.